The number of benzene rings is 2. The van der Waals surface area contributed by atoms with Crippen LogP contribution in [0, 0.1) is 13.8 Å². The molecule has 0 aliphatic carbocycles. The average molecular weight is 510 g/mol. The molecular weight excluding hydrogens is 482 g/mol. The number of rotatable bonds is 8. The lowest BCUT2D eigenvalue weighted by Crippen LogP contribution is -2.50. The van der Waals surface area contributed by atoms with Gasteiger partial charge >= 0.3 is 0 Å². The molecule has 0 fully saturated rings. The fraction of sp³-hybridized carbons (Fsp3) is 0.364. The monoisotopic (exact) mass is 509 g/mol. The highest BCUT2D eigenvalue weighted by Crippen LogP contribution is 2.25. The first kappa shape index (κ1) is 24.9. The standard InChI is InChI=1S/C22H28BrN3O4S/c1-15-8-6-11-20(16(15)2)26(31(5,29)30)14-21(27)25(17(3)22(28)24-4)13-18-9-7-10-19(23)12-18/h6-12,17H,13-14H2,1-5H3,(H,24,28)/t17-/m1/s1. The molecule has 2 aromatic rings. The number of hydrogen-bond donors (Lipinski definition) is 1. The van der Waals surface area contributed by atoms with Gasteiger partial charge in [-0.2, -0.15) is 0 Å². The van der Waals surface area contributed by atoms with E-state index in [-0.39, 0.29) is 12.5 Å². The van der Waals surface area contributed by atoms with Gasteiger partial charge in [0.15, 0.2) is 0 Å². The first-order valence-corrected chi connectivity index (χ1v) is 12.4. The Hall–Kier alpha value is -2.39. The van der Waals surface area contributed by atoms with Crippen molar-refractivity contribution in [1.29, 1.82) is 0 Å². The summed E-state index contributed by atoms with van der Waals surface area (Å²) in [6.07, 6.45) is 1.07. The summed E-state index contributed by atoms with van der Waals surface area (Å²) in [6, 6.07) is 11.9. The predicted octanol–water partition coefficient (Wildman–Crippen LogP) is 3.00. The molecule has 31 heavy (non-hydrogen) atoms. The minimum Gasteiger partial charge on any atom is -0.357 e. The van der Waals surface area contributed by atoms with E-state index in [9.17, 15) is 18.0 Å². The van der Waals surface area contributed by atoms with Crippen LogP contribution in [0.25, 0.3) is 0 Å². The van der Waals surface area contributed by atoms with E-state index in [1.54, 1.807) is 19.1 Å². The van der Waals surface area contributed by atoms with Crippen LogP contribution in [0.2, 0.25) is 0 Å². The second-order valence-electron chi connectivity index (χ2n) is 7.43. The number of sulfonamides is 1. The molecule has 0 radical (unpaired) electrons. The van der Waals surface area contributed by atoms with E-state index in [2.05, 4.69) is 21.2 Å². The SMILES string of the molecule is CNC(=O)[C@@H](C)N(Cc1cccc(Br)c1)C(=O)CN(c1cccc(C)c1C)S(C)(=O)=O. The summed E-state index contributed by atoms with van der Waals surface area (Å²) in [5.74, 6) is -0.802. The van der Waals surface area contributed by atoms with E-state index in [1.807, 2.05) is 44.2 Å². The summed E-state index contributed by atoms with van der Waals surface area (Å²) in [5.41, 5.74) is 2.96. The molecule has 0 spiro atoms. The highest BCUT2D eigenvalue weighted by atomic mass is 79.9. The third-order valence-electron chi connectivity index (χ3n) is 5.18. The molecule has 0 saturated carbocycles. The van der Waals surface area contributed by atoms with Crippen LogP contribution in [0.4, 0.5) is 5.69 Å². The van der Waals surface area contributed by atoms with Gasteiger partial charge < -0.3 is 10.2 Å². The number of amides is 2. The summed E-state index contributed by atoms with van der Waals surface area (Å²) >= 11 is 3.41. The van der Waals surface area contributed by atoms with Gasteiger partial charge in [0.05, 0.1) is 11.9 Å². The van der Waals surface area contributed by atoms with Gasteiger partial charge in [0.25, 0.3) is 0 Å². The number of halogens is 1. The lowest BCUT2D eigenvalue weighted by molar-refractivity contribution is -0.139. The van der Waals surface area contributed by atoms with Crippen molar-refractivity contribution in [2.24, 2.45) is 0 Å². The Balaban J connectivity index is 2.43. The quantitative estimate of drug-likeness (QED) is 0.592. The highest BCUT2D eigenvalue weighted by molar-refractivity contribution is 9.10. The lowest BCUT2D eigenvalue weighted by atomic mass is 10.1. The molecule has 0 bridgehead atoms. The molecule has 2 aromatic carbocycles. The number of aryl methyl sites for hydroxylation is 1. The van der Waals surface area contributed by atoms with Crippen LogP contribution in [-0.4, -0.2) is 51.0 Å². The number of hydrogen-bond acceptors (Lipinski definition) is 4. The molecule has 0 aliphatic heterocycles. The molecule has 0 aromatic heterocycles. The van der Waals surface area contributed by atoms with Gasteiger partial charge in [0, 0.05) is 18.1 Å². The van der Waals surface area contributed by atoms with Gasteiger partial charge in [0.1, 0.15) is 12.6 Å². The Kier molecular flexibility index (Phi) is 8.25. The Morgan fingerprint density at radius 1 is 1.13 bits per heavy atom. The lowest BCUT2D eigenvalue weighted by Gasteiger charge is -2.31. The molecule has 2 amide bonds. The molecule has 0 heterocycles. The van der Waals surface area contributed by atoms with E-state index >= 15 is 0 Å². The predicted molar refractivity (Wildman–Crippen MR) is 126 cm³/mol. The Bertz CT molecular complexity index is 1070. The zero-order chi connectivity index (χ0) is 23.3. The number of carbonyl (C=O) groups excluding carboxylic acids is 2. The minimum atomic E-state index is -3.74. The molecule has 9 heteroatoms. The van der Waals surface area contributed by atoms with E-state index in [0.29, 0.717) is 5.69 Å². The molecule has 0 aliphatic rings. The van der Waals surface area contributed by atoms with Gasteiger partial charge in [-0.15, -0.1) is 0 Å². The average Bonchev–Trinajstić information content (AvgIpc) is 2.70. The molecule has 1 atom stereocenters. The van der Waals surface area contributed by atoms with Crippen molar-refractivity contribution in [2.45, 2.75) is 33.4 Å². The van der Waals surface area contributed by atoms with Crippen molar-refractivity contribution in [1.82, 2.24) is 10.2 Å². The molecule has 1 N–H and O–H groups in total. The van der Waals surface area contributed by atoms with Gasteiger partial charge in [0.2, 0.25) is 21.8 Å². The number of likely N-dealkylation sites (N-methyl/N-ethyl adjacent to an activating group) is 1. The van der Waals surface area contributed by atoms with E-state index in [0.717, 1.165) is 31.7 Å². The Labute approximate surface area is 192 Å². The normalized spacial score (nSPS) is 12.2. The summed E-state index contributed by atoms with van der Waals surface area (Å²) < 4.78 is 27.1. The first-order valence-electron chi connectivity index (χ1n) is 9.75. The topological polar surface area (TPSA) is 86.8 Å². The van der Waals surface area contributed by atoms with Crippen LogP contribution in [0.3, 0.4) is 0 Å². The fourth-order valence-corrected chi connectivity index (χ4v) is 4.57. The molecule has 7 nitrogen and oxygen atoms in total. The fourth-order valence-electron chi connectivity index (χ4n) is 3.22. The molecule has 2 rings (SSSR count). The number of nitrogens with one attached hydrogen (secondary N) is 1. The van der Waals surface area contributed by atoms with E-state index in [1.165, 1.54) is 11.9 Å². The highest BCUT2D eigenvalue weighted by Gasteiger charge is 2.30. The van der Waals surface area contributed by atoms with Crippen molar-refractivity contribution in [2.75, 3.05) is 24.2 Å². The molecule has 168 valence electrons. The van der Waals surface area contributed by atoms with Gasteiger partial charge in [-0.05, 0) is 55.7 Å². The number of nitrogens with zero attached hydrogens (tertiary/aromatic N) is 2. The van der Waals surface area contributed by atoms with Crippen LogP contribution in [0.5, 0.6) is 0 Å². The number of carbonyl (C=O) groups is 2. The Morgan fingerprint density at radius 2 is 1.77 bits per heavy atom. The molecule has 0 saturated heterocycles. The smallest absolute Gasteiger partial charge is 0.244 e. The maximum atomic E-state index is 13.3. The van der Waals surface area contributed by atoms with Gasteiger partial charge in [-0.25, -0.2) is 8.42 Å². The molecule has 0 unspecified atom stereocenters. The van der Waals surface area contributed by atoms with E-state index < -0.39 is 28.5 Å². The zero-order valence-electron chi connectivity index (χ0n) is 18.3. The summed E-state index contributed by atoms with van der Waals surface area (Å²) in [7, 11) is -2.24. The second kappa shape index (κ2) is 10.3. The Morgan fingerprint density at radius 3 is 2.35 bits per heavy atom. The minimum absolute atomic E-state index is 0.164. The maximum absolute atomic E-state index is 13.3. The zero-order valence-corrected chi connectivity index (χ0v) is 20.7. The van der Waals surface area contributed by atoms with Crippen LogP contribution < -0.4 is 9.62 Å². The van der Waals surface area contributed by atoms with Crippen molar-refractivity contribution < 1.29 is 18.0 Å². The maximum Gasteiger partial charge on any atom is 0.244 e. The van der Waals surface area contributed by atoms with E-state index in [4.69, 9.17) is 0 Å². The summed E-state index contributed by atoms with van der Waals surface area (Å²) in [4.78, 5) is 27.1. The number of anilines is 1. The second-order valence-corrected chi connectivity index (χ2v) is 10.3. The van der Waals surface area contributed by atoms with Crippen molar-refractivity contribution in [3.63, 3.8) is 0 Å². The van der Waals surface area contributed by atoms with Crippen LogP contribution in [-0.2, 0) is 26.2 Å². The third kappa shape index (κ3) is 6.30. The van der Waals surface area contributed by atoms with Crippen LogP contribution in [0.1, 0.15) is 23.6 Å². The van der Waals surface area contributed by atoms with Crippen molar-refractivity contribution in [3.8, 4) is 0 Å². The van der Waals surface area contributed by atoms with Crippen molar-refractivity contribution in [3.05, 3.63) is 63.6 Å². The summed E-state index contributed by atoms with van der Waals surface area (Å²) in [5, 5.41) is 2.56. The largest absolute Gasteiger partial charge is 0.357 e. The van der Waals surface area contributed by atoms with Crippen LogP contribution >= 0.6 is 15.9 Å². The first-order chi connectivity index (χ1) is 14.5. The molecular formula is C22H28BrN3O4S. The third-order valence-corrected chi connectivity index (χ3v) is 6.80. The van der Waals surface area contributed by atoms with Crippen LogP contribution in [0.15, 0.2) is 46.9 Å². The summed E-state index contributed by atoms with van der Waals surface area (Å²) in [6.45, 7) is 5.08. The van der Waals surface area contributed by atoms with Gasteiger partial charge in [-0.3, -0.25) is 13.9 Å². The van der Waals surface area contributed by atoms with Gasteiger partial charge in [-0.1, -0.05) is 40.2 Å². The van der Waals surface area contributed by atoms with Crippen molar-refractivity contribution >= 4 is 43.5 Å².